The largest absolute Gasteiger partial charge is 0.383 e. The Hall–Kier alpha value is -2.14. The molecule has 2 rings (SSSR count). The quantitative estimate of drug-likeness (QED) is 0.860. The maximum Gasteiger partial charge on any atom is 0.253 e. The fourth-order valence-electron chi connectivity index (χ4n) is 2.36. The van der Waals surface area contributed by atoms with Crippen molar-refractivity contribution in [1.82, 2.24) is 9.88 Å². The summed E-state index contributed by atoms with van der Waals surface area (Å²) >= 11 is 0. The van der Waals surface area contributed by atoms with Gasteiger partial charge in [-0.05, 0) is 32.0 Å². The number of ether oxygens (including phenoxy) is 1. The molecule has 0 aliphatic rings. The number of hydrogen-bond donors (Lipinski definition) is 1. The summed E-state index contributed by atoms with van der Waals surface area (Å²) in [6, 6.07) is 8.29. The van der Waals surface area contributed by atoms with Crippen LogP contribution in [0.1, 0.15) is 21.7 Å². The van der Waals surface area contributed by atoms with E-state index in [4.69, 9.17) is 4.74 Å². The van der Waals surface area contributed by atoms with Crippen LogP contribution in [0.15, 0.2) is 30.3 Å². The smallest absolute Gasteiger partial charge is 0.253 e. The second-order valence-electron chi connectivity index (χ2n) is 4.82. The normalized spacial score (nSPS) is 10.7. The van der Waals surface area contributed by atoms with E-state index in [0.717, 1.165) is 5.69 Å². The lowest BCUT2D eigenvalue weighted by atomic mass is 10.2. The molecule has 1 N–H and O–H groups in total. The lowest BCUT2D eigenvalue weighted by Crippen LogP contribution is -2.27. The number of halogens is 1. The Labute approximate surface area is 123 Å². The van der Waals surface area contributed by atoms with Gasteiger partial charge in [0, 0.05) is 25.0 Å². The van der Waals surface area contributed by atoms with Crippen molar-refractivity contribution in [3.05, 3.63) is 53.1 Å². The predicted octanol–water partition coefficient (Wildman–Crippen LogP) is 2.61. The maximum atomic E-state index is 14.0. The summed E-state index contributed by atoms with van der Waals surface area (Å²) in [7, 11) is 1.58. The highest BCUT2D eigenvalue weighted by molar-refractivity contribution is 5.95. The first-order valence-electron chi connectivity index (χ1n) is 6.77. The fourth-order valence-corrected chi connectivity index (χ4v) is 2.36. The molecular weight excluding hydrogens is 271 g/mol. The van der Waals surface area contributed by atoms with Crippen molar-refractivity contribution in [2.75, 3.05) is 20.3 Å². The zero-order valence-corrected chi connectivity index (χ0v) is 12.4. The van der Waals surface area contributed by atoms with Crippen molar-refractivity contribution in [3.63, 3.8) is 0 Å². The molecule has 0 aliphatic heterocycles. The van der Waals surface area contributed by atoms with E-state index in [9.17, 15) is 9.18 Å². The number of carbonyl (C=O) groups is 1. The number of benzene rings is 1. The molecular formula is C16H19FN2O2. The molecule has 5 heteroatoms. The van der Waals surface area contributed by atoms with Gasteiger partial charge in [-0.2, -0.15) is 0 Å². The number of hydrogen-bond acceptors (Lipinski definition) is 2. The standard InChI is InChI=1S/C16H19FN2O2/c1-11-10-13(16(20)18-8-9-21-3)12(2)19(11)15-7-5-4-6-14(15)17/h4-7,10H,8-9H2,1-3H3,(H,18,20). The van der Waals surface area contributed by atoms with E-state index >= 15 is 0 Å². The van der Waals surface area contributed by atoms with Gasteiger partial charge in [-0.15, -0.1) is 0 Å². The maximum absolute atomic E-state index is 14.0. The van der Waals surface area contributed by atoms with Crippen LogP contribution in [0.3, 0.4) is 0 Å². The summed E-state index contributed by atoms with van der Waals surface area (Å²) in [5.41, 5.74) is 2.53. The number of methoxy groups -OCH3 is 1. The molecule has 0 unspecified atom stereocenters. The Kier molecular flexibility index (Phi) is 4.75. The minimum atomic E-state index is -0.314. The number of rotatable bonds is 5. The van der Waals surface area contributed by atoms with Crippen LogP contribution >= 0.6 is 0 Å². The van der Waals surface area contributed by atoms with Crippen molar-refractivity contribution in [1.29, 1.82) is 0 Å². The molecule has 1 amide bonds. The van der Waals surface area contributed by atoms with Crippen LogP contribution in [0.25, 0.3) is 5.69 Å². The van der Waals surface area contributed by atoms with Crippen molar-refractivity contribution < 1.29 is 13.9 Å². The van der Waals surface area contributed by atoms with Crippen molar-refractivity contribution >= 4 is 5.91 Å². The number of para-hydroxylation sites is 1. The van der Waals surface area contributed by atoms with Crippen LogP contribution in [0, 0.1) is 19.7 Å². The highest BCUT2D eigenvalue weighted by Gasteiger charge is 2.17. The molecule has 1 aromatic heterocycles. The molecule has 0 spiro atoms. The topological polar surface area (TPSA) is 43.3 Å². The number of nitrogens with zero attached hydrogens (tertiary/aromatic N) is 1. The van der Waals surface area contributed by atoms with Crippen molar-refractivity contribution in [2.45, 2.75) is 13.8 Å². The molecule has 4 nitrogen and oxygen atoms in total. The molecule has 2 aromatic rings. The van der Waals surface area contributed by atoms with Gasteiger partial charge in [0.2, 0.25) is 0 Å². The molecule has 0 fully saturated rings. The van der Waals surface area contributed by atoms with Gasteiger partial charge in [0.05, 0.1) is 17.9 Å². The SMILES string of the molecule is COCCNC(=O)c1cc(C)n(-c2ccccc2F)c1C. The summed E-state index contributed by atoms with van der Waals surface area (Å²) in [6.07, 6.45) is 0. The molecule has 0 atom stereocenters. The Bertz CT molecular complexity index is 650. The second kappa shape index (κ2) is 6.54. The number of aryl methyl sites for hydroxylation is 1. The van der Waals surface area contributed by atoms with Gasteiger partial charge in [-0.3, -0.25) is 4.79 Å². The zero-order chi connectivity index (χ0) is 15.4. The lowest BCUT2D eigenvalue weighted by Gasteiger charge is -2.11. The van der Waals surface area contributed by atoms with Gasteiger partial charge in [0.25, 0.3) is 5.91 Å². The molecule has 1 heterocycles. The van der Waals surface area contributed by atoms with Gasteiger partial charge < -0.3 is 14.6 Å². The third kappa shape index (κ3) is 3.13. The lowest BCUT2D eigenvalue weighted by molar-refractivity contribution is 0.0936. The van der Waals surface area contributed by atoms with Crippen molar-refractivity contribution in [2.24, 2.45) is 0 Å². The Morgan fingerprint density at radius 3 is 2.71 bits per heavy atom. The first kappa shape index (κ1) is 15.3. The van der Waals surface area contributed by atoms with Gasteiger partial charge in [0.15, 0.2) is 0 Å². The Balaban J connectivity index is 2.34. The van der Waals surface area contributed by atoms with E-state index in [0.29, 0.717) is 30.1 Å². The second-order valence-corrected chi connectivity index (χ2v) is 4.82. The highest BCUT2D eigenvalue weighted by Crippen LogP contribution is 2.22. The molecule has 21 heavy (non-hydrogen) atoms. The first-order chi connectivity index (χ1) is 10.1. The van der Waals surface area contributed by atoms with E-state index in [1.807, 2.05) is 13.8 Å². The fraction of sp³-hybridized carbons (Fsp3) is 0.312. The summed E-state index contributed by atoms with van der Waals surface area (Å²) in [4.78, 5) is 12.1. The van der Waals surface area contributed by atoms with E-state index < -0.39 is 0 Å². The summed E-state index contributed by atoms with van der Waals surface area (Å²) < 4.78 is 20.6. The number of amides is 1. The van der Waals surface area contributed by atoms with Crippen LogP contribution in [0.4, 0.5) is 4.39 Å². The van der Waals surface area contributed by atoms with Crippen LogP contribution in [-0.2, 0) is 4.74 Å². The summed E-state index contributed by atoms with van der Waals surface area (Å²) in [5.74, 6) is -0.492. The third-order valence-corrected chi connectivity index (χ3v) is 3.36. The van der Waals surface area contributed by atoms with Crippen molar-refractivity contribution in [3.8, 4) is 5.69 Å². The monoisotopic (exact) mass is 290 g/mol. The van der Waals surface area contributed by atoms with Gasteiger partial charge >= 0.3 is 0 Å². The van der Waals surface area contributed by atoms with Gasteiger partial charge in [-0.1, -0.05) is 12.1 Å². The Morgan fingerprint density at radius 2 is 2.05 bits per heavy atom. The number of carbonyl (C=O) groups excluding carboxylic acids is 1. The molecule has 0 saturated heterocycles. The van der Waals surface area contributed by atoms with E-state index in [-0.39, 0.29) is 11.7 Å². The highest BCUT2D eigenvalue weighted by atomic mass is 19.1. The van der Waals surface area contributed by atoms with Crippen LogP contribution in [-0.4, -0.2) is 30.7 Å². The molecule has 0 saturated carbocycles. The molecule has 0 radical (unpaired) electrons. The number of aromatic nitrogens is 1. The molecule has 1 aromatic carbocycles. The predicted molar refractivity (Wildman–Crippen MR) is 79.4 cm³/mol. The van der Waals surface area contributed by atoms with Crippen LogP contribution in [0.5, 0.6) is 0 Å². The molecule has 112 valence electrons. The molecule has 0 bridgehead atoms. The van der Waals surface area contributed by atoms with Gasteiger partial charge in [-0.25, -0.2) is 4.39 Å². The minimum Gasteiger partial charge on any atom is -0.383 e. The van der Waals surface area contributed by atoms with E-state index in [2.05, 4.69) is 5.32 Å². The zero-order valence-electron chi connectivity index (χ0n) is 12.4. The average molecular weight is 290 g/mol. The number of nitrogens with one attached hydrogen (secondary N) is 1. The van der Waals surface area contributed by atoms with E-state index in [1.165, 1.54) is 6.07 Å². The average Bonchev–Trinajstić information content (AvgIpc) is 2.75. The minimum absolute atomic E-state index is 0.178. The third-order valence-electron chi connectivity index (χ3n) is 3.36. The van der Waals surface area contributed by atoms with Gasteiger partial charge in [0.1, 0.15) is 5.82 Å². The van der Waals surface area contributed by atoms with E-state index in [1.54, 1.807) is 35.9 Å². The Morgan fingerprint density at radius 1 is 1.33 bits per heavy atom. The molecule has 0 aliphatic carbocycles. The van der Waals surface area contributed by atoms with Crippen LogP contribution in [0.2, 0.25) is 0 Å². The first-order valence-corrected chi connectivity index (χ1v) is 6.77. The van der Waals surface area contributed by atoms with Crippen LogP contribution < -0.4 is 5.32 Å². The summed E-state index contributed by atoms with van der Waals surface area (Å²) in [6.45, 7) is 4.56. The summed E-state index contributed by atoms with van der Waals surface area (Å²) in [5, 5.41) is 2.78.